The summed E-state index contributed by atoms with van der Waals surface area (Å²) in [7, 11) is -2.11. The van der Waals surface area contributed by atoms with Crippen molar-refractivity contribution in [2.45, 2.75) is 6.42 Å². The summed E-state index contributed by atoms with van der Waals surface area (Å²) in [5.41, 5.74) is -0.332. The molecule has 0 saturated carbocycles. The first-order valence-electron chi connectivity index (χ1n) is 8.17. The number of ether oxygens (including phenoxy) is 2. The first-order valence-corrected chi connectivity index (χ1v) is 10.9. The summed E-state index contributed by atoms with van der Waals surface area (Å²) >= 11 is 1.18. The number of thiophene rings is 1. The standard InChI is InChI=1S/C17H18N2O8S2/c1-26-17(21)11-3-5-13(19(22)23)15(9-11)27-10-14(20)16-6-4-12(28-16)7-8-18-29(2,24)25/h3-6,9,18H,7-8,10H2,1-2H3. The SMILES string of the molecule is COC(=O)c1ccc([N+](=O)[O-])c(OCC(=O)c2ccc(CCNS(C)(=O)=O)s2)c1. The second-order valence-corrected chi connectivity index (χ2v) is 8.83. The molecule has 0 atom stereocenters. The zero-order valence-corrected chi connectivity index (χ0v) is 17.2. The number of nitrogens with zero attached hydrogens (tertiary/aromatic N) is 1. The molecule has 0 radical (unpaired) electrons. The molecule has 156 valence electrons. The van der Waals surface area contributed by atoms with Crippen LogP contribution in [-0.4, -0.2) is 51.6 Å². The van der Waals surface area contributed by atoms with E-state index in [1.807, 2.05) is 0 Å². The Morgan fingerprint density at radius 3 is 2.59 bits per heavy atom. The Labute approximate surface area is 170 Å². The third-order valence-corrected chi connectivity index (χ3v) is 5.52. The fourth-order valence-corrected chi connectivity index (χ4v) is 3.67. The van der Waals surface area contributed by atoms with Gasteiger partial charge in [0.2, 0.25) is 15.8 Å². The van der Waals surface area contributed by atoms with E-state index in [0.717, 1.165) is 23.3 Å². The molecule has 0 fully saturated rings. The highest BCUT2D eigenvalue weighted by Crippen LogP contribution is 2.29. The molecule has 2 aromatic rings. The molecular formula is C17H18N2O8S2. The number of methoxy groups -OCH3 is 1. The van der Waals surface area contributed by atoms with Crippen LogP contribution in [0.15, 0.2) is 30.3 Å². The number of rotatable bonds is 10. The molecule has 12 heteroatoms. The smallest absolute Gasteiger partial charge is 0.337 e. The van der Waals surface area contributed by atoms with Gasteiger partial charge in [0, 0.05) is 23.6 Å². The van der Waals surface area contributed by atoms with Crippen molar-refractivity contribution >= 4 is 38.8 Å². The van der Waals surface area contributed by atoms with Crippen LogP contribution < -0.4 is 9.46 Å². The topological polar surface area (TPSA) is 142 Å². The van der Waals surface area contributed by atoms with E-state index in [0.29, 0.717) is 11.3 Å². The van der Waals surface area contributed by atoms with Crippen LogP contribution in [-0.2, 0) is 21.2 Å². The molecule has 0 unspecified atom stereocenters. The van der Waals surface area contributed by atoms with Crippen LogP contribution in [0.3, 0.4) is 0 Å². The lowest BCUT2D eigenvalue weighted by Gasteiger charge is -2.07. The second kappa shape index (κ2) is 9.58. The van der Waals surface area contributed by atoms with Crippen LogP contribution in [0.5, 0.6) is 5.75 Å². The summed E-state index contributed by atoms with van der Waals surface area (Å²) < 4.78 is 34.4. The molecule has 0 amide bonds. The predicted octanol–water partition coefficient (Wildman–Crippen LogP) is 1.80. The molecular weight excluding hydrogens is 424 g/mol. The van der Waals surface area contributed by atoms with Gasteiger partial charge in [-0.2, -0.15) is 0 Å². The van der Waals surface area contributed by atoms with Crippen molar-refractivity contribution in [2.75, 3.05) is 26.5 Å². The number of hydrogen-bond acceptors (Lipinski definition) is 9. The van der Waals surface area contributed by atoms with Crippen molar-refractivity contribution < 1.29 is 32.4 Å². The number of nitrogens with one attached hydrogen (secondary N) is 1. The minimum atomic E-state index is -3.29. The normalized spacial score (nSPS) is 11.1. The van der Waals surface area contributed by atoms with Crippen LogP contribution in [0.25, 0.3) is 0 Å². The molecule has 29 heavy (non-hydrogen) atoms. The molecule has 1 N–H and O–H groups in total. The van der Waals surface area contributed by atoms with E-state index >= 15 is 0 Å². The summed E-state index contributed by atoms with van der Waals surface area (Å²) in [6.07, 6.45) is 1.47. The summed E-state index contributed by atoms with van der Waals surface area (Å²) in [6.45, 7) is -0.261. The van der Waals surface area contributed by atoms with Gasteiger partial charge >= 0.3 is 11.7 Å². The van der Waals surface area contributed by atoms with Crippen molar-refractivity contribution in [1.29, 1.82) is 0 Å². The zero-order chi connectivity index (χ0) is 21.6. The van der Waals surface area contributed by atoms with Gasteiger partial charge in [-0.25, -0.2) is 17.9 Å². The highest BCUT2D eigenvalue weighted by molar-refractivity contribution is 7.88. The number of Topliss-reactive ketones (excluding diaryl/α,β-unsaturated/α-hetero) is 1. The average molecular weight is 442 g/mol. The minimum absolute atomic E-state index is 0.0531. The lowest BCUT2D eigenvalue weighted by Crippen LogP contribution is -2.24. The molecule has 1 heterocycles. The third-order valence-electron chi connectivity index (χ3n) is 3.61. The Morgan fingerprint density at radius 2 is 1.97 bits per heavy atom. The van der Waals surface area contributed by atoms with Gasteiger partial charge in [0.25, 0.3) is 0 Å². The van der Waals surface area contributed by atoms with Gasteiger partial charge in [0.15, 0.2) is 12.4 Å². The monoisotopic (exact) mass is 442 g/mol. The maximum absolute atomic E-state index is 12.3. The Bertz CT molecular complexity index is 1030. The van der Waals surface area contributed by atoms with Crippen molar-refractivity contribution in [3.63, 3.8) is 0 Å². The largest absolute Gasteiger partial charge is 0.478 e. The van der Waals surface area contributed by atoms with Gasteiger partial charge in [0.05, 0.1) is 28.7 Å². The first-order chi connectivity index (χ1) is 13.6. The van der Waals surface area contributed by atoms with Crippen molar-refractivity contribution in [2.24, 2.45) is 0 Å². The summed E-state index contributed by atoms with van der Waals surface area (Å²) in [6, 6.07) is 6.75. The average Bonchev–Trinajstić information content (AvgIpc) is 3.13. The molecule has 0 saturated heterocycles. The fraction of sp³-hybridized carbons (Fsp3) is 0.294. The van der Waals surface area contributed by atoms with Gasteiger partial charge in [-0.1, -0.05) is 0 Å². The maximum Gasteiger partial charge on any atom is 0.337 e. The van der Waals surface area contributed by atoms with Crippen LogP contribution >= 0.6 is 11.3 Å². The van der Waals surface area contributed by atoms with Crippen LogP contribution in [0.2, 0.25) is 0 Å². The number of sulfonamides is 1. The second-order valence-electron chi connectivity index (χ2n) is 5.83. The molecule has 1 aromatic carbocycles. The van der Waals surface area contributed by atoms with Crippen LogP contribution in [0, 0.1) is 10.1 Å². The zero-order valence-electron chi connectivity index (χ0n) is 15.5. The molecule has 0 aliphatic rings. The predicted molar refractivity (Wildman–Crippen MR) is 105 cm³/mol. The molecule has 1 aromatic heterocycles. The summed E-state index contributed by atoms with van der Waals surface area (Å²) in [5, 5.41) is 11.1. The molecule has 2 rings (SSSR count). The number of carbonyl (C=O) groups excluding carboxylic acids is 2. The van der Waals surface area contributed by atoms with Crippen molar-refractivity contribution in [1.82, 2.24) is 4.72 Å². The van der Waals surface area contributed by atoms with E-state index in [-0.39, 0.29) is 23.5 Å². The number of nitro benzene ring substituents is 1. The van der Waals surface area contributed by atoms with Crippen molar-refractivity contribution in [3.05, 3.63) is 55.8 Å². The quantitative estimate of drug-likeness (QED) is 0.254. The Hall–Kier alpha value is -2.83. The van der Waals surface area contributed by atoms with Crippen LogP contribution in [0.4, 0.5) is 5.69 Å². The van der Waals surface area contributed by atoms with Gasteiger partial charge in [-0.05, 0) is 24.6 Å². The number of ketones is 1. The van der Waals surface area contributed by atoms with Gasteiger partial charge in [0.1, 0.15) is 0 Å². The van der Waals surface area contributed by atoms with Gasteiger partial charge in [-0.15, -0.1) is 11.3 Å². The maximum atomic E-state index is 12.3. The van der Waals surface area contributed by atoms with E-state index in [4.69, 9.17) is 4.74 Å². The van der Waals surface area contributed by atoms with Crippen LogP contribution in [0.1, 0.15) is 24.9 Å². The van der Waals surface area contributed by atoms with E-state index in [2.05, 4.69) is 9.46 Å². The molecule has 0 aliphatic heterocycles. The summed E-state index contributed by atoms with van der Waals surface area (Å²) in [4.78, 5) is 35.6. The number of hydrogen-bond donors (Lipinski definition) is 1. The Morgan fingerprint density at radius 1 is 1.24 bits per heavy atom. The van der Waals surface area contributed by atoms with E-state index < -0.39 is 33.3 Å². The lowest BCUT2D eigenvalue weighted by molar-refractivity contribution is -0.385. The van der Waals surface area contributed by atoms with Gasteiger partial charge in [-0.3, -0.25) is 14.9 Å². The van der Waals surface area contributed by atoms with Gasteiger partial charge < -0.3 is 9.47 Å². The Kier molecular flexibility index (Phi) is 7.42. The highest BCUT2D eigenvalue weighted by atomic mass is 32.2. The first kappa shape index (κ1) is 22.5. The van der Waals surface area contributed by atoms with Crippen molar-refractivity contribution in [3.8, 4) is 5.75 Å². The number of carbonyl (C=O) groups is 2. The van der Waals surface area contributed by atoms with E-state index in [9.17, 15) is 28.1 Å². The van der Waals surface area contributed by atoms with E-state index in [1.54, 1.807) is 12.1 Å². The molecule has 0 spiro atoms. The number of nitro groups is 1. The fourth-order valence-electron chi connectivity index (χ4n) is 2.26. The number of benzene rings is 1. The molecule has 0 bridgehead atoms. The Balaban J connectivity index is 2.05. The lowest BCUT2D eigenvalue weighted by atomic mass is 10.2. The third kappa shape index (κ3) is 6.62. The highest BCUT2D eigenvalue weighted by Gasteiger charge is 2.20. The number of esters is 1. The molecule has 0 aliphatic carbocycles. The summed E-state index contributed by atoms with van der Waals surface area (Å²) in [5.74, 6) is -1.32. The molecule has 10 nitrogen and oxygen atoms in total. The van der Waals surface area contributed by atoms with E-state index in [1.165, 1.54) is 24.5 Å². The minimum Gasteiger partial charge on any atom is -0.478 e.